The van der Waals surface area contributed by atoms with Crippen LogP contribution in [0.2, 0.25) is 0 Å². The summed E-state index contributed by atoms with van der Waals surface area (Å²) < 4.78 is 0. The molecule has 3 heteroatoms. The van der Waals surface area contributed by atoms with Gasteiger partial charge in [-0.3, -0.25) is 4.79 Å². The Balaban J connectivity index is 1.79. The Bertz CT molecular complexity index is 664. The molecule has 1 amide bonds. The molecule has 0 saturated heterocycles. The molecule has 1 aliphatic heterocycles. The normalized spacial score (nSPS) is 14.8. The van der Waals surface area contributed by atoms with E-state index in [4.69, 9.17) is 5.73 Å². The van der Waals surface area contributed by atoms with Crippen LogP contribution in [0.1, 0.15) is 28.3 Å². The quantitative estimate of drug-likeness (QED) is 0.897. The molecular formula is C17H18N2O. The van der Waals surface area contributed by atoms with Crippen LogP contribution in [-0.4, -0.2) is 5.91 Å². The summed E-state index contributed by atoms with van der Waals surface area (Å²) in [4.78, 5) is 11.4. The van der Waals surface area contributed by atoms with Gasteiger partial charge < -0.3 is 11.1 Å². The number of rotatable bonds is 3. The van der Waals surface area contributed by atoms with Gasteiger partial charge >= 0.3 is 0 Å². The average Bonchev–Trinajstić information content (AvgIpc) is 2.77. The largest absolute Gasteiger partial charge is 0.326 e. The minimum atomic E-state index is -0.0437. The van der Waals surface area contributed by atoms with Gasteiger partial charge in [-0.15, -0.1) is 0 Å². The van der Waals surface area contributed by atoms with Gasteiger partial charge in [-0.05, 0) is 36.1 Å². The van der Waals surface area contributed by atoms with Gasteiger partial charge in [0.05, 0.1) is 6.42 Å². The average molecular weight is 266 g/mol. The molecule has 20 heavy (non-hydrogen) atoms. The van der Waals surface area contributed by atoms with Gasteiger partial charge in [0.15, 0.2) is 0 Å². The number of amides is 1. The molecule has 1 atom stereocenters. The molecule has 2 aromatic carbocycles. The second-order valence-corrected chi connectivity index (χ2v) is 5.44. The maximum Gasteiger partial charge on any atom is 0.228 e. The Hall–Kier alpha value is -2.13. The zero-order valence-corrected chi connectivity index (χ0v) is 11.5. The van der Waals surface area contributed by atoms with Crippen molar-refractivity contribution >= 4 is 11.6 Å². The van der Waals surface area contributed by atoms with Crippen LogP contribution >= 0.6 is 0 Å². The van der Waals surface area contributed by atoms with Gasteiger partial charge in [0.25, 0.3) is 0 Å². The van der Waals surface area contributed by atoms with E-state index in [1.807, 2.05) is 18.2 Å². The van der Waals surface area contributed by atoms with Crippen molar-refractivity contribution in [3.05, 3.63) is 64.7 Å². The minimum absolute atomic E-state index is 0.0437. The molecule has 0 spiro atoms. The van der Waals surface area contributed by atoms with Crippen molar-refractivity contribution in [2.45, 2.75) is 25.8 Å². The van der Waals surface area contributed by atoms with Crippen LogP contribution in [0.25, 0.3) is 0 Å². The number of nitrogens with one attached hydrogen (secondary N) is 1. The van der Waals surface area contributed by atoms with Gasteiger partial charge in [0.2, 0.25) is 5.91 Å². The van der Waals surface area contributed by atoms with Crippen LogP contribution < -0.4 is 11.1 Å². The van der Waals surface area contributed by atoms with Crippen molar-refractivity contribution in [1.29, 1.82) is 0 Å². The van der Waals surface area contributed by atoms with Crippen LogP contribution in [0, 0.1) is 6.92 Å². The Morgan fingerprint density at radius 3 is 2.90 bits per heavy atom. The number of hydrogen-bond acceptors (Lipinski definition) is 2. The standard InChI is InChI=1S/C17H18N2O/c1-11-3-2-4-12(7-11)8-15(18)13-5-6-16-14(9-13)10-17(20)19-16/h2-7,9,15H,8,10,18H2,1H3,(H,19,20). The minimum Gasteiger partial charge on any atom is -0.326 e. The molecule has 1 aliphatic rings. The highest BCUT2D eigenvalue weighted by molar-refractivity contribution is 5.99. The molecule has 0 saturated carbocycles. The number of benzene rings is 2. The summed E-state index contributed by atoms with van der Waals surface area (Å²) in [6.07, 6.45) is 1.27. The molecule has 3 rings (SSSR count). The van der Waals surface area contributed by atoms with Crippen molar-refractivity contribution in [3.8, 4) is 0 Å². The van der Waals surface area contributed by atoms with E-state index in [1.54, 1.807) is 0 Å². The number of nitrogens with two attached hydrogens (primary N) is 1. The molecule has 1 unspecified atom stereocenters. The Labute approximate surface area is 118 Å². The fourth-order valence-corrected chi connectivity index (χ4v) is 2.69. The second-order valence-electron chi connectivity index (χ2n) is 5.44. The summed E-state index contributed by atoms with van der Waals surface area (Å²) >= 11 is 0. The van der Waals surface area contributed by atoms with Crippen molar-refractivity contribution < 1.29 is 4.79 Å². The number of anilines is 1. The van der Waals surface area contributed by atoms with E-state index in [1.165, 1.54) is 11.1 Å². The Morgan fingerprint density at radius 2 is 2.10 bits per heavy atom. The number of fused-ring (bicyclic) bond motifs is 1. The first-order valence-corrected chi connectivity index (χ1v) is 6.85. The van der Waals surface area contributed by atoms with Crippen LogP contribution in [-0.2, 0) is 17.6 Å². The lowest BCUT2D eigenvalue weighted by atomic mass is 9.96. The van der Waals surface area contributed by atoms with Crippen LogP contribution in [0.3, 0.4) is 0 Å². The third-order valence-corrected chi connectivity index (χ3v) is 3.72. The lowest BCUT2D eigenvalue weighted by molar-refractivity contribution is -0.115. The monoisotopic (exact) mass is 266 g/mol. The van der Waals surface area contributed by atoms with Crippen LogP contribution in [0.4, 0.5) is 5.69 Å². The smallest absolute Gasteiger partial charge is 0.228 e. The Morgan fingerprint density at radius 1 is 1.25 bits per heavy atom. The first-order valence-electron chi connectivity index (χ1n) is 6.85. The molecule has 0 aromatic heterocycles. The van der Waals surface area contributed by atoms with E-state index in [0.717, 1.165) is 23.2 Å². The molecule has 0 bridgehead atoms. The highest BCUT2D eigenvalue weighted by atomic mass is 16.1. The van der Waals surface area contributed by atoms with E-state index >= 15 is 0 Å². The van der Waals surface area contributed by atoms with Gasteiger partial charge in [-0.25, -0.2) is 0 Å². The molecule has 0 fully saturated rings. The third kappa shape index (κ3) is 2.58. The van der Waals surface area contributed by atoms with Crippen molar-refractivity contribution in [1.82, 2.24) is 0 Å². The summed E-state index contributed by atoms with van der Waals surface area (Å²) in [5, 5.41) is 2.84. The summed E-state index contributed by atoms with van der Waals surface area (Å²) in [5.41, 5.74) is 11.8. The van der Waals surface area contributed by atoms with Crippen molar-refractivity contribution in [2.75, 3.05) is 5.32 Å². The van der Waals surface area contributed by atoms with E-state index in [0.29, 0.717) is 6.42 Å². The SMILES string of the molecule is Cc1cccc(CC(N)c2ccc3c(c2)CC(=O)N3)c1. The molecule has 3 nitrogen and oxygen atoms in total. The maximum atomic E-state index is 11.4. The highest BCUT2D eigenvalue weighted by Crippen LogP contribution is 2.27. The van der Waals surface area contributed by atoms with Crippen LogP contribution in [0.15, 0.2) is 42.5 Å². The Kier molecular flexibility index (Phi) is 3.28. The topological polar surface area (TPSA) is 55.1 Å². The predicted octanol–water partition coefficient (Wildman–Crippen LogP) is 2.73. The van der Waals surface area contributed by atoms with Gasteiger partial charge in [-0.1, -0.05) is 42.0 Å². The molecule has 102 valence electrons. The second kappa shape index (κ2) is 5.10. The lowest BCUT2D eigenvalue weighted by Gasteiger charge is -2.14. The summed E-state index contributed by atoms with van der Waals surface area (Å²) in [5.74, 6) is 0.0596. The molecule has 1 heterocycles. The van der Waals surface area contributed by atoms with E-state index in [-0.39, 0.29) is 11.9 Å². The zero-order chi connectivity index (χ0) is 14.1. The first kappa shape index (κ1) is 12.9. The van der Waals surface area contributed by atoms with E-state index < -0.39 is 0 Å². The number of carbonyl (C=O) groups excluding carboxylic acids is 1. The fraction of sp³-hybridized carbons (Fsp3) is 0.235. The van der Waals surface area contributed by atoms with Crippen molar-refractivity contribution in [2.24, 2.45) is 5.73 Å². The van der Waals surface area contributed by atoms with Crippen molar-refractivity contribution in [3.63, 3.8) is 0 Å². The lowest BCUT2D eigenvalue weighted by Crippen LogP contribution is -2.13. The predicted molar refractivity (Wildman–Crippen MR) is 80.6 cm³/mol. The summed E-state index contributed by atoms with van der Waals surface area (Å²) in [7, 11) is 0. The van der Waals surface area contributed by atoms with Gasteiger partial charge in [-0.2, -0.15) is 0 Å². The van der Waals surface area contributed by atoms with Gasteiger partial charge in [0, 0.05) is 11.7 Å². The number of hydrogen-bond donors (Lipinski definition) is 2. The van der Waals surface area contributed by atoms with E-state index in [2.05, 4.69) is 36.5 Å². The molecule has 0 aliphatic carbocycles. The molecule has 3 N–H and O–H groups in total. The third-order valence-electron chi connectivity index (χ3n) is 3.72. The maximum absolute atomic E-state index is 11.4. The van der Waals surface area contributed by atoms with Crippen LogP contribution in [0.5, 0.6) is 0 Å². The highest BCUT2D eigenvalue weighted by Gasteiger charge is 2.18. The van der Waals surface area contributed by atoms with Gasteiger partial charge in [0.1, 0.15) is 0 Å². The number of carbonyl (C=O) groups is 1. The molecular weight excluding hydrogens is 248 g/mol. The number of aryl methyl sites for hydroxylation is 1. The zero-order valence-electron chi connectivity index (χ0n) is 11.5. The molecule has 0 radical (unpaired) electrons. The fourth-order valence-electron chi connectivity index (χ4n) is 2.69. The summed E-state index contributed by atoms with van der Waals surface area (Å²) in [6, 6.07) is 14.4. The molecule has 2 aromatic rings. The summed E-state index contributed by atoms with van der Waals surface area (Å²) in [6.45, 7) is 2.09. The van der Waals surface area contributed by atoms with E-state index in [9.17, 15) is 4.79 Å². The first-order chi connectivity index (χ1) is 9.61.